The molecule has 0 spiro atoms. The molecule has 0 bridgehead atoms. The van der Waals surface area contributed by atoms with Gasteiger partial charge >= 0.3 is 5.69 Å². The molecule has 9 heteroatoms. The van der Waals surface area contributed by atoms with Crippen LogP contribution in [0.4, 0.5) is 23.0 Å². The third-order valence-electron chi connectivity index (χ3n) is 2.52. The topological polar surface area (TPSA) is 119 Å². The summed E-state index contributed by atoms with van der Waals surface area (Å²) in [6.07, 6.45) is 1.19. The Hall–Kier alpha value is -2.26. The van der Waals surface area contributed by atoms with Gasteiger partial charge in [0.25, 0.3) is 0 Å². The summed E-state index contributed by atoms with van der Waals surface area (Å²) in [5.74, 6) is 5.22. The molecule has 1 aromatic carbocycles. The lowest BCUT2D eigenvalue weighted by Crippen LogP contribution is -2.12. The van der Waals surface area contributed by atoms with E-state index in [4.69, 9.17) is 5.84 Å². The molecule has 0 amide bonds. The molecule has 2 aromatic rings. The van der Waals surface area contributed by atoms with Gasteiger partial charge in [0.15, 0.2) is 0 Å². The Morgan fingerprint density at radius 1 is 1.35 bits per heavy atom. The van der Waals surface area contributed by atoms with E-state index in [1.807, 2.05) is 19.1 Å². The van der Waals surface area contributed by atoms with Gasteiger partial charge in [0, 0.05) is 4.47 Å². The average molecular weight is 339 g/mol. The monoisotopic (exact) mass is 338 g/mol. The maximum atomic E-state index is 11.1. The molecular weight excluding hydrogens is 328 g/mol. The van der Waals surface area contributed by atoms with E-state index < -0.39 is 4.92 Å². The highest BCUT2D eigenvalue weighted by molar-refractivity contribution is 9.10. The van der Waals surface area contributed by atoms with Gasteiger partial charge < -0.3 is 10.7 Å². The molecule has 0 fully saturated rings. The Kier molecular flexibility index (Phi) is 4.11. The Labute approximate surface area is 122 Å². The van der Waals surface area contributed by atoms with Crippen molar-refractivity contribution in [3.8, 4) is 0 Å². The summed E-state index contributed by atoms with van der Waals surface area (Å²) >= 11 is 3.39. The zero-order chi connectivity index (χ0) is 14.7. The largest absolute Gasteiger partial charge is 0.354 e. The number of nitro groups is 1. The van der Waals surface area contributed by atoms with E-state index in [0.29, 0.717) is 5.69 Å². The molecule has 0 saturated heterocycles. The van der Waals surface area contributed by atoms with E-state index in [-0.39, 0.29) is 17.3 Å². The number of aryl methyl sites for hydroxylation is 1. The number of benzene rings is 1. The first kappa shape index (κ1) is 14.2. The van der Waals surface area contributed by atoms with Crippen molar-refractivity contribution in [2.24, 2.45) is 5.84 Å². The minimum atomic E-state index is -0.598. The van der Waals surface area contributed by atoms with Crippen molar-refractivity contribution in [1.29, 1.82) is 0 Å². The first-order chi connectivity index (χ1) is 9.52. The molecule has 8 nitrogen and oxygen atoms in total. The van der Waals surface area contributed by atoms with Gasteiger partial charge in [-0.05, 0) is 40.5 Å². The zero-order valence-electron chi connectivity index (χ0n) is 10.4. The number of hydrogen-bond donors (Lipinski definition) is 3. The van der Waals surface area contributed by atoms with Crippen LogP contribution in [0.5, 0.6) is 0 Å². The normalized spacial score (nSPS) is 10.2. The van der Waals surface area contributed by atoms with Crippen LogP contribution in [0.15, 0.2) is 29.0 Å². The van der Waals surface area contributed by atoms with Gasteiger partial charge in [0.05, 0.1) is 10.6 Å². The zero-order valence-corrected chi connectivity index (χ0v) is 12.0. The number of nitrogens with zero attached hydrogens (tertiary/aromatic N) is 3. The van der Waals surface area contributed by atoms with Gasteiger partial charge in [-0.15, -0.1) is 0 Å². The molecule has 0 radical (unpaired) electrons. The van der Waals surface area contributed by atoms with Crippen LogP contribution in [-0.2, 0) is 0 Å². The number of nitrogens with two attached hydrogens (primary N) is 1. The highest BCUT2D eigenvalue weighted by Crippen LogP contribution is 2.33. The molecule has 0 unspecified atom stereocenters. The molecule has 2 rings (SSSR count). The average Bonchev–Trinajstić information content (AvgIpc) is 2.41. The molecule has 20 heavy (non-hydrogen) atoms. The second-order valence-corrected chi connectivity index (χ2v) is 4.78. The van der Waals surface area contributed by atoms with Crippen LogP contribution in [0.2, 0.25) is 0 Å². The van der Waals surface area contributed by atoms with Crippen molar-refractivity contribution >= 4 is 38.9 Å². The second-order valence-electron chi connectivity index (χ2n) is 3.93. The van der Waals surface area contributed by atoms with Crippen LogP contribution in [-0.4, -0.2) is 14.9 Å². The third kappa shape index (κ3) is 2.83. The number of nitrogens with one attached hydrogen (secondary N) is 2. The molecule has 0 aliphatic heterocycles. The number of halogens is 1. The van der Waals surface area contributed by atoms with Crippen LogP contribution < -0.4 is 16.6 Å². The minimum Gasteiger partial charge on any atom is -0.333 e. The number of hydrogen-bond acceptors (Lipinski definition) is 7. The summed E-state index contributed by atoms with van der Waals surface area (Å²) in [5.41, 5.74) is 3.58. The lowest BCUT2D eigenvalue weighted by atomic mass is 10.2. The molecule has 1 aromatic heterocycles. The van der Waals surface area contributed by atoms with Crippen molar-refractivity contribution in [3.05, 3.63) is 44.7 Å². The number of anilines is 3. The van der Waals surface area contributed by atoms with Crippen molar-refractivity contribution < 1.29 is 4.92 Å². The minimum absolute atomic E-state index is 0.0579. The van der Waals surface area contributed by atoms with Crippen molar-refractivity contribution in [1.82, 2.24) is 9.97 Å². The van der Waals surface area contributed by atoms with Gasteiger partial charge in [-0.25, -0.2) is 15.8 Å². The van der Waals surface area contributed by atoms with Gasteiger partial charge in [0.2, 0.25) is 11.6 Å². The Bertz CT molecular complexity index is 663. The molecule has 0 saturated carbocycles. The first-order valence-electron chi connectivity index (χ1n) is 5.52. The van der Waals surface area contributed by atoms with E-state index in [2.05, 4.69) is 36.6 Å². The van der Waals surface area contributed by atoms with Crippen LogP contribution in [0.25, 0.3) is 0 Å². The first-order valence-corrected chi connectivity index (χ1v) is 6.31. The molecule has 104 valence electrons. The van der Waals surface area contributed by atoms with Crippen molar-refractivity contribution in [2.45, 2.75) is 6.92 Å². The lowest BCUT2D eigenvalue weighted by Gasteiger charge is -2.10. The summed E-state index contributed by atoms with van der Waals surface area (Å²) < 4.78 is 0.771. The summed E-state index contributed by atoms with van der Waals surface area (Å²) in [6.45, 7) is 1.94. The standard InChI is InChI=1S/C11H11BrN6O2/c1-6-2-3-8(7(12)4-6)16-10-9(18(19)20)11(17-13)15-5-14-10/h2-5H,13H2,1H3,(H2,14,15,16,17). The van der Waals surface area contributed by atoms with Crippen molar-refractivity contribution in [3.63, 3.8) is 0 Å². The fourth-order valence-electron chi connectivity index (χ4n) is 1.60. The van der Waals surface area contributed by atoms with Gasteiger partial charge in [-0.2, -0.15) is 0 Å². The highest BCUT2D eigenvalue weighted by Gasteiger charge is 2.22. The SMILES string of the molecule is Cc1ccc(Nc2ncnc(NN)c2[N+](=O)[O-])c(Br)c1. The number of rotatable bonds is 4. The fourth-order valence-corrected chi connectivity index (χ4v) is 2.19. The molecule has 0 atom stereocenters. The second kappa shape index (κ2) is 5.80. The molecule has 0 aliphatic rings. The van der Waals surface area contributed by atoms with Crippen LogP contribution in [0.3, 0.4) is 0 Å². The molecule has 1 heterocycles. The van der Waals surface area contributed by atoms with Crippen LogP contribution >= 0.6 is 15.9 Å². The van der Waals surface area contributed by atoms with Crippen molar-refractivity contribution in [2.75, 3.05) is 10.7 Å². The van der Waals surface area contributed by atoms with Gasteiger partial charge in [-0.1, -0.05) is 6.07 Å². The van der Waals surface area contributed by atoms with Gasteiger partial charge in [0.1, 0.15) is 6.33 Å². The van der Waals surface area contributed by atoms with E-state index in [9.17, 15) is 10.1 Å². The van der Waals surface area contributed by atoms with Crippen LogP contribution in [0, 0.1) is 17.0 Å². The third-order valence-corrected chi connectivity index (χ3v) is 3.18. The Morgan fingerprint density at radius 2 is 2.05 bits per heavy atom. The van der Waals surface area contributed by atoms with E-state index in [1.54, 1.807) is 6.07 Å². The summed E-state index contributed by atoms with van der Waals surface area (Å²) in [7, 11) is 0. The predicted octanol–water partition coefficient (Wildman–Crippen LogP) is 2.48. The van der Waals surface area contributed by atoms with Crippen LogP contribution in [0.1, 0.15) is 5.56 Å². The number of nitrogen functional groups attached to an aromatic ring is 1. The predicted molar refractivity (Wildman–Crippen MR) is 78.7 cm³/mol. The maximum Gasteiger partial charge on any atom is 0.354 e. The Balaban J connectivity index is 2.45. The highest BCUT2D eigenvalue weighted by atomic mass is 79.9. The fraction of sp³-hybridized carbons (Fsp3) is 0.0909. The van der Waals surface area contributed by atoms with E-state index in [1.165, 1.54) is 6.33 Å². The maximum absolute atomic E-state index is 11.1. The van der Waals surface area contributed by atoms with E-state index >= 15 is 0 Å². The number of hydrazine groups is 1. The van der Waals surface area contributed by atoms with Gasteiger partial charge in [-0.3, -0.25) is 10.1 Å². The molecule has 0 aliphatic carbocycles. The summed E-state index contributed by atoms with van der Waals surface area (Å²) in [4.78, 5) is 18.1. The summed E-state index contributed by atoms with van der Waals surface area (Å²) in [6, 6.07) is 5.56. The molecule has 4 N–H and O–H groups in total. The number of aromatic nitrogens is 2. The van der Waals surface area contributed by atoms with E-state index in [0.717, 1.165) is 10.0 Å². The smallest absolute Gasteiger partial charge is 0.333 e. The quantitative estimate of drug-likeness (QED) is 0.445. The lowest BCUT2D eigenvalue weighted by molar-refractivity contribution is -0.383. The molecular formula is C11H11BrN6O2. The Morgan fingerprint density at radius 3 is 2.65 bits per heavy atom. The summed E-state index contributed by atoms with van der Waals surface area (Å²) in [5, 5.41) is 14.0.